The summed E-state index contributed by atoms with van der Waals surface area (Å²) in [4.78, 5) is 4.45. The van der Waals surface area contributed by atoms with E-state index in [1.807, 2.05) is 6.92 Å². The number of rotatable bonds is 6. The van der Waals surface area contributed by atoms with Gasteiger partial charge in [0, 0.05) is 6.04 Å². The molecule has 1 aliphatic rings. The third-order valence-corrected chi connectivity index (χ3v) is 6.65. The van der Waals surface area contributed by atoms with E-state index in [4.69, 9.17) is 4.74 Å². The Kier molecular flexibility index (Phi) is 5.78. The highest BCUT2D eigenvalue weighted by molar-refractivity contribution is 5.89. The molecule has 0 amide bonds. The van der Waals surface area contributed by atoms with E-state index >= 15 is 4.39 Å². The molecular formula is C23H26F3N7O2. The summed E-state index contributed by atoms with van der Waals surface area (Å²) in [6, 6.07) is 3.71. The van der Waals surface area contributed by atoms with E-state index in [1.165, 1.54) is 24.7 Å². The average Bonchev–Trinajstić information content (AvgIpc) is 3.39. The van der Waals surface area contributed by atoms with Crippen molar-refractivity contribution in [1.82, 2.24) is 29.6 Å². The summed E-state index contributed by atoms with van der Waals surface area (Å²) in [5.74, 6) is -0.119. The maximum atomic E-state index is 15.2. The molecule has 0 unspecified atom stereocenters. The Bertz CT molecular complexity index is 1370. The molecular weight excluding hydrogens is 463 g/mol. The molecule has 1 saturated carbocycles. The molecule has 1 fully saturated rings. The van der Waals surface area contributed by atoms with Gasteiger partial charge in [-0.1, -0.05) is 11.3 Å². The summed E-state index contributed by atoms with van der Waals surface area (Å²) in [6.45, 7) is 3.17. The molecule has 12 heteroatoms. The first-order valence-electron chi connectivity index (χ1n) is 11.4. The molecule has 1 atom stereocenters. The van der Waals surface area contributed by atoms with Gasteiger partial charge in [-0.15, -0.1) is 10.2 Å². The lowest BCUT2D eigenvalue weighted by atomic mass is 9.84. The van der Waals surface area contributed by atoms with Crippen LogP contribution < -0.4 is 10.1 Å². The number of hydrogen-bond donors (Lipinski definition) is 2. The van der Waals surface area contributed by atoms with E-state index in [2.05, 4.69) is 25.7 Å². The van der Waals surface area contributed by atoms with E-state index in [0.717, 1.165) is 17.5 Å². The molecule has 35 heavy (non-hydrogen) atoms. The molecule has 4 aromatic rings. The summed E-state index contributed by atoms with van der Waals surface area (Å²) >= 11 is 0. The molecule has 2 N–H and O–H groups in total. The number of nitrogens with zero attached hydrogens (tertiary/aromatic N) is 6. The second-order valence-electron chi connectivity index (χ2n) is 9.32. The van der Waals surface area contributed by atoms with E-state index in [0.29, 0.717) is 35.0 Å². The summed E-state index contributed by atoms with van der Waals surface area (Å²) in [5, 5.41) is 25.7. The maximum absolute atomic E-state index is 15.2. The number of aromatic nitrogens is 6. The highest BCUT2D eigenvalue weighted by atomic mass is 19.3. The van der Waals surface area contributed by atoms with Crippen LogP contribution in [0.2, 0.25) is 0 Å². The van der Waals surface area contributed by atoms with Gasteiger partial charge < -0.3 is 15.2 Å². The van der Waals surface area contributed by atoms with Crippen LogP contribution in [-0.4, -0.2) is 59.9 Å². The Morgan fingerprint density at radius 3 is 2.69 bits per heavy atom. The van der Waals surface area contributed by atoms with Gasteiger partial charge >= 0.3 is 0 Å². The van der Waals surface area contributed by atoms with E-state index in [9.17, 15) is 13.9 Å². The van der Waals surface area contributed by atoms with Crippen molar-refractivity contribution in [3.63, 3.8) is 0 Å². The molecule has 5 rings (SSSR count). The van der Waals surface area contributed by atoms with Crippen molar-refractivity contribution < 1.29 is 23.0 Å². The molecule has 0 bridgehead atoms. The zero-order valence-electron chi connectivity index (χ0n) is 19.5. The molecule has 0 aliphatic heterocycles. The van der Waals surface area contributed by atoms with Crippen LogP contribution in [0, 0.1) is 5.82 Å². The molecule has 0 radical (unpaired) electrons. The van der Waals surface area contributed by atoms with Crippen molar-refractivity contribution in [1.29, 1.82) is 0 Å². The molecule has 0 spiro atoms. The number of methoxy groups -OCH3 is 1. The SMILES string of the molecule is COc1nc(NC2CCC(C)(O)CC2)nn2cc(F)c(-c3ccc4nnn([C@H](C)C(F)F)c4c3)c12. The Balaban J connectivity index is 1.54. The molecule has 1 aromatic carbocycles. The summed E-state index contributed by atoms with van der Waals surface area (Å²) in [7, 11) is 1.44. The summed E-state index contributed by atoms with van der Waals surface area (Å²) in [6.07, 6.45) is 1.41. The second kappa shape index (κ2) is 8.67. The van der Waals surface area contributed by atoms with Crippen molar-refractivity contribution in [3.05, 3.63) is 30.2 Å². The number of anilines is 1. The summed E-state index contributed by atoms with van der Waals surface area (Å²) in [5.41, 5.74) is 1.04. The number of hydrogen-bond acceptors (Lipinski definition) is 7. The van der Waals surface area contributed by atoms with Crippen LogP contribution in [-0.2, 0) is 0 Å². The normalized spacial score (nSPS) is 21.7. The van der Waals surface area contributed by atoms with Crippen molar-refractivity contribution in [3.8, 4) is 17.0 Å². The maximum Gasteiger partial charge on any atom is 0.260 e. The topological polar surface area (TPSA) is 102 Å². The highest BCUT2D eigenvalue weighted by Gasteiger charge is 2.29. The van der Waals surface area contributed by atoms with E-state index < -0.39 is 23.9 Å². The van der Waals surface area contributed by atoms with Crippen molar-refractivity contribution in [2.45, 2.75) is 63.6 Å². The van der Waals surface area contributed by atoms with Crippen molar-refractivity contribution >= 4 is 22.5 Å². The van der Waals surface area contributed by atoms with Gasteiger partial charge in [0.2, 0.25) is 11.8 Å². The van der Waals surface area contributed by atoms with Gasteiger partial charge in [-0.2, -0.15) is 4.98 Å². The fourth-order valence-corrected chi connectivity index (χ4v) is 4.57. The average molecular weight is 490 g/mol. The number of alkyl halides is 2. The van der Waals surface area contributed by atoms with Gasteiger partial charge in [0.1, 0.15) is 17.1 Å². The van der Waals surface area contributed by atoms with Gasteiger partial charge in [-0.05, 0) is 57.2 Å². The van der Waals surface area contributed by atoms with Crippen LogP contribution >= 0.6 is 0 Å². The fraction of sp³-hybridized carbons (Fsp3) is 0.478. The van der Waals surface area contributed by atoms with Gasteiger partial charge in [0.25, 0.3) is 6.43 Å². The molecule has 0 saturated heterocycles. The Morgan fingerprint density at radius 1 is 1.26 bits per heavy atom. The van der Waals surface area contributed by atoms with E-state index in [-0.39, 0.29) is 23.4 Å². The van der Waals surface area contributed by atoms with Gasteiger partial charge in [0.15, 0.2) is 5.82 Å². The number of halogens is 3. The van der Waals surface area contributed by atoms with E-state index in [1.54, 1.807) is 18.2 Å². The quantitative estimate of drug-likeness (QED) is 0.418. The minimum Gasteiger partial charge on any atom is -0.479 e. The van der Waals surface area contributed by atoms with Crippen LogP contribution in [0.3, 0.4) is 0 Å². The van der Waals surface area contributed by atoms with Crippen LogP contribution in [0.5, 0.6) is 5.88 Å². The molecule has 186 valence electrons. The third kappa shape index (κ3) is 4.26. The predicted molar refractivity (Wildman–Crippen MR) is 123 cm³/mol. The number of fused-ring (bicyclic) bond motifs is 2. The molecule has 9 nitrogen and oxygen atoms in total. The number of aliphatic hydroxyl groups is 1. The van der Waals surface area contributed by atoms with Crippen LogP contribution in [0.1, 0.15) is 45.6 Å². The van der Waals surface area contributed by atoms with Gasteiger partial charge in [-0.3, -0.25) is 0 Å². The largest absolute Gasteiger partial charge is 0.479 e. The zero-order valence-corrected chi connectivity index (χ0v) is 19.5. The number of nitrogens with one attached hydrogen (secondary N) is 1. The lowest BCUT2D eigenvalue weighted by Gasteiger charge is -2.33. The first-order chi connectivity index (χ1) is 16.7. The third-order valence-electron chi connectivity index (χ3n) is 6.65. The predicted octanol–water partition coefficient (Wildman–Crippen LogP) is 4.22. The minimum absolute atomic E-state index is 0.0734. The first-order valence-corrected chi connectivity index (χ1v) is 11.4. The lowest BCUT2D eigenvalue weighted by Crippen LogP contribution is -2.36. The molecule has 1 aliphatic carbocycles. The Morgan fingerprint density at radius 2 is 2.00 bits per heavy atom. The minimum atomic E-state index is -2.63. The van der Waals surface area contributed by atoms with Crippen LogP contribution in [0.25, 0.3) is 27.7 Å². The highest BCUT2D eigenvalue weighted by Crippen LogP contribution is 2.36. The van der Waals surface area contributed by atoms with Gasteiger partial charge in [-0.25, -0.2) is 22.4 Å². The monoisotopic (exact) mass is 489 g/mol. The Hall–Kier alpha value is -3.41. The number of benzene rings is 1. The number of ether oxygens (including phenoxy) is 1. The Labute approximate surface area is 198 Å². The van der Waals surface area contributed by atoms with Crippen molar-refractivity contribution in [2.24, 2.45) is 0 Å². The van der Waals surface area contributed by atoms with Crippen LogP contribution in [0.4, 0.5) is 19.1 Å². The standard InChI is InChI=1S/C23H26F3N7O2/c1-12(20(25)26)33-17-10-13(4-5-16(17)29-31-33)18-15(24)11-32-19(18)21(35-3)28-22(30-32)27-14-6-8-23(2,34)9-7-14/h4-5,10-12,14,20,34H,6-9H2,1-3H3,(H,27,30)/t12-,14?,23?/m1/s1. The summed E-state index contributed by atoms with van der Waals surface area (Å²) < 4.78 is 49.8. The van der Waals surface area contributed by atoms with Gasteiger partial charge in [0.05, 0.1) is 30.0 Å². The molecule has 3 heterocycles. The van der Waals surface area contributed by atoms with Crippen LogP contribution in [0.15, 0.2) is 24.4 Å². The second-order valence-corrected chi connectivity index (χ2v) is 9.32. The first kappa shape index (κ1) is 23.3. The molecule has 3 aromatic heterocycles. The zero-order chi connectivity index (χ0) is 24.9. The lowest BCUT2D eigenvalue weighted by molar-refractivity contribution is 0.0195. The van der Waals surface area contributed by atoms with Crippen molar-refractivity contribution in [2.75, 3.05) is 12.4 Å². The smallest absolute Gasteiger partial charge is 0.260 e. The fourth-order valence-electron chi connectivity index (χ4n) is 4.57.